The summed E-state index contributed by atoms with van der Waals surface area (Å²) in [5.74, 6) is 0. The summed E-state index contributed by atoms with van der Waals surface area (Å²) in [5, 5.41) is 11.4. The number of ether oxygens (including phenoxy) is 1. The Bertz CT molecular complexity index is 464. The van der Waals surface area contributed by atoms with E-state index in [1.54, 1.807) is 0 Å². The quantitative estimate of drug-likeness (QED) is 0.0575. The summed E-state index contributed by atoms with van der Waals surface area (Å²) in [4.78, 5) is 6.21. The first-order valence-corrected chi connectivity index (χ1v) is 17.7. The second kappa shape index (κ2) is 33.8. The van der Waals surface area contributed by atoms with Crippen LogP contribution in [0, 0.1) is 0 Å². The monoisotopic (exact) mass is 635 g/mol. The van der Waals surface area contributed by atoms with Gasteiger partial charge in [0.05, 0.1) is 18.8 Å². The van der Waals surface area contributed by atoms with Crippen LogP contribution in [0.15, 0.2) is 0 Å². The van der Waals surface area contributed by atoms with Gasteiger partial charge in [-0.25, -0.2) is 0 Å². The third kappa shape index (κ3) is 29.8. The second-order valence-electron chi connectivity index (χ2n) is 12.7. The highest BCUT2D eigenvalue weighted by Gasteiger charge is 2.27. The van der Waals surface area contributed by atoms with Crippen LogP contribution in [0.25, 0.3) is 0 Å². The van der Waals surface area contributed by atoms with E-state index >= 15 is 0 Å². The molecule has 0 saturated carbocycles. The largest absolute Gasteiger partial charge is 0.396 e. The van der Waals surface area contributed by atoms with E-state index in [1.807, 2.05) is 0 Å². The Morgan fingerprint density at radius 3 is 1.23 bits per heavy atom. The van der Waals surface area contributed by atoms with Crippen LogP contribution >= 0.6 is 17.0 Å². The summed E-state index contributed by atoms with van der Waals surface area (Å²) >= 11 is 0. The fourth-order valence-corrected chi connectivity index (χ4v) is 5.31. The fraction of sp³-hybridized carbons (Fsp3) is 1.00. The molecule has 0 bridgehead atoms. The molecule has 0 spiro atoms. The van der Waals surface area contributed by atoms with Gasteiger partial charge in [0.2, 0.25) is 0 Å². The number of hydrogen-bond acceptors (Lipinski definition) is 4. The summed E-state index contributed by atoms with van der Waals surface area (Å²) in [5.41, 5.74) is -0.177. The minimum absolute atomic E-state index is 0. The maximum absolute atomic E-state index is 9.36. The standard InChI is InChI=1S/C35H73NO3.BrH/c1-5-7-9-11-13-15-17-19-21-23-25-27-32-38-34-35(3,4)36(30-29-31-37)39-33-28-26-24-22-20-18-16-14-12-10-8-6-2;/h37H,5-34H2,1-4H3;1H. The summed E-state index contributed by atoms with van der Waals surface area (Å²) < 4.78 is 6.09. The maximum Gasteiger partial charge on any atom is 0.0685 e. The van der Waals surface area contributed by atoms with Crippen molar-refractivity contribution in [3.63, 3.8) is 0 Å². The molecule has 4 nitrogen and oxygen atoms in total. The van der Waals surface area contributed by atoms with Crippen LogP contribution in [-0.2, 0) is 9.57 Å². The molecule has 0 saturated heterocycles. The van der Waals surface area contributed by atoms with Crippen molar-refractivity contribution in [1.82, 2.24) is 5.06 Å². The van der Waals surface area contributed by atoms with Gasteiger partial charge in [0, 0.05) is 19.8 Å². The van der Waals surface area contributed by atoms with E-state index in [1.165, 1.54) is 141 Å². The number of nitrogens with zero attached hydrogens (tertiary/aromatic N) is 1. The molecule has 0 heterocycles. The SMILES string of the molecule is Br.CCCCCCCCCCCCCCOCC(C)(C)N(CCCO)OCCCCCCCCCCCCCC. The lowest BCUT2D eigenvalue weighted by Crippen LogP contribution is -2.48. The Balaban J connectivity index is 0. The van der Waals surface area contributed by atoms with Crippen molar-refractivity contribution in [3.05, 3.63) is 0 Å². The first kappa shape index (κ1) is 42.5. The van der Waals surface area contributed by atoms with E-state index < -0.39 is 0 Å². The molecule has 0 unspecified atom stereocenters. The van der Waals surface area contributed by atoms with Crippen molar-refractivity contribution in [2.24, 2.45) is 0 Å². The van der Waals surface area contributed by atoms with Gasteiger partial charge in [-0.1, -0.05) is 155 Å². The van der Waals surface area contributed by atoms with Gasteiger partial charge in [-0.2, -0.15) is 5.06 Å². The van der Waals surface area contributed by atoms with E-state index in [2.05, 4.69) is 32.8 Å². The molecule has 0 aromatic carbocycles. The van der Waals surface area contributed by atoms with Gasteiger partial charge in [0.1, 0.15) is 0 Å². The number of hydroxylamine groups is 2. The summed E-state index contributed by atoms with van der Waals surface area (Å²) in [6, 6.07) is 0. The van der Waals surface area contributed by atoms with Crippen LogP contribution in [0.4, 0.5) is 0 Å². The van der Waals surface area contributed by atoms with Crippen molar-refractivity contribution in [2.75, 3.05) is 33.0 Å². The molecule has 244 valence electrons. The zero-order valence-electron chi connectivity index (χ0n) is 27.8. The number of aliphatic hydroxyl groups is 1. The van der Waals surface area contributed by atoms with Gasteiger partial charge in [-0.15, -0.1) is 17.0 Å². The number of rotatable bonds is 33. The van der Waals surface area contributed by atoms with Gasteiger partial charge in [0.25, 0.3) is 0 Å². The predicted octanol–water partition coefficient (Wildman–Crippen LogP) is 11.4. The van der Waals surface area contributed by atoms with Gasteiger partial charge in [-0.05, 0) is 33.1 Å². The van der Waals surface area contributed by atoms with Crippen LogP contribution in [-0.4, -0.2) is 48.7 Å². The van der Waals surface area contributed by atoms with E-state index in [-0.39, 0.29) is 29.1 Å². The van der Waals surface area contributed by atoms with Crippen molar-refractivity contribution >= 4 is 17.0 Å². The molecule has 0 aliphatic carbocycles. The van der Waals surface area contributed by atoms with Gasteiger partial charge in [0.15, 0.2) is 0 Å². The van der Waals surface area contributed by atoms with Crippen LogP contribution < -0.4 is 0 Å². The van der Waals surface area contributed by atoms with Gasteiger partial charge in [-0.3, -0.25) is 4.84 Å². The van der Waals surface area contributed by atoms with Gasteiger partial charge < -0.3 is 9.84 Å². The molecule has 40 heavy (non-hydrogen) atoms. The lowest BCUT2D eigenvalue weighted by Gasteiger charge is -2.37. The molecule has 0 aromatic heterocycles. The molecule has 0 fully saturated rings. The minimum Gasteiger partial charge on any atom is -0.396 e. The average Bonchev–Trinajstić information content (AvgIpc) is 2.93. The molecule has 5 heteroatoms. The molecular weight excluding hydrogens is 562 g/mol. The minimum atomic E-state index is -0.177. The Labute approximate surface area is 262 Å². The molecule has 1 N–H and O–H groups in total. The lowest BCUT2D eigenvalue weighted by molar-refractivity contribution is -0.228. The lowest BCUT2D eigenvalue weighted by atomic mass is 10.1. The van der Waals surface area contributed by atoms with Crippen LogP contribution in [0.1, 0.15) is 188 Å². The molecule has 0 aromatic rings. The Hall–Kier alpha value is 0.320. The predicted molar refractivity (Wildman–Crippen MR) is 182 cm³/mol. The maximum atomic E-state index is 9.36. The Morgan fingerprint density at radius 2 is 0.850 bits per heavy atom. The molecule has 0 aliphatic heterocycles. The van der Waals surface area contributed by atoms with Crippen molar-refractivity contribution in [1.29, 1.82) is 0 Å². The number of aliphatic hydroxyl groups excluding tert-OH is 1. The molecule has 0 radical (unpaired) electrons. The van der Waals surface area contributed by atoms with Crippen molar-refractivity contribution in [2.45, 2.75) is 194 Å². The Kier molecular flexibility index (Phi) is 35.9. The zero-order valence-corrected chi connectivity index (χ0v) is 29.5. The number of halogens is 1. The normalized spacial score (nSPS) is 11.8. The molecular formula is C35H74BrNO3. The average molecular weight is 637 g/mol. The van der Waals surface area contributed by atoms with E-state index in [4.69, 9.17) is 9.57 Å². The fourth-order valence-electron chi connectivity index (χ4n) is 5.31. The smallest absolute Gasteiger partial charge is 0.0685 e. The van der Waals surface area contributed by atoms with Crippen molar-refractivity contribution < 1.29 is 14.7 Å². The third-order valence-electron chi connectivity index (χ3n) is 8.04. The molecule has 0 aliphatic rings. The summed E-state index contributed by atoms with van der Waals surface area (Å²) in [6.07, 6.45) is 33.5. The first-order chi connectivity index (χ1) is 19.1. The third-order valence-corrected chi connectivity index (χ3v) is 8.04. The second-order valence-corrected chi connectivity index (χ2v) is 12.7. The summed E-state index contributed by atoms with van der Waals surface area (Å²) in [6.45, 7) is 12.2. The highest BCUT2D eigenvalue weighted by Crippen LogP contribution is 2.18. The molecule has 0 amide bonds. The first-order valence-electron chi connectivity index (χ1n) is 17.7. The Morgan fingerprint density at radius 1 is 0.500 bits per heavy atom. The van der Waals surface area contributed by atoms with Crippen LogP contribution in [0.2, 0.25) is 0 Å². The topological polar surface area (TPSA) is 41.9 Å². The van der Waals surface area contributed by atoms with E-state index in [0.717, 1.165) is 39.0 Å². The van der Waals surface area contributed by atoms with Crippen LogP contribution in [0.3, 0.4) is 0 Å². The number of unbranched alkanes of at least 4 members (excludes halogenated alkanes) is 22. The van der Waals surface area contributed by atoms with Crippen molar-refractivity contribution in [3.8, 4) is 0 Å². The summed E-state index contributed by atoms with van der Waals surface area (Å²) in [7, 11) is 0. The van der Waals surface area contributed by atoms with Crippen LogP contribution in [0.5, 0.6) is 0 Å². The van der Waals surface area contributed by atoms with E-state index in [0.29, 0.717) is 6.61 Å². The van der Waals surface area contributed by atoms with E-state index in [9.17, 15) is 5.11 Å². The molecule has 0 atom stereocenters. The zero-order chi connectivity index (χ0) is 28.7. The highest BCUT2D eigenvalue weighted by atomic mass is 79.9. The molecule has 0 rings (SSSR count). The number of hydrogen-bond donors (Lipinski definition) is 1. The van der Waals surface area contributed by atoms with Gasteiger partial charge >= 0.3 is 0 Å². The highest BCUT2D eigenvalue weighted by molar-refractivity contribution is 8.93.